The third kappa shape index (κ3) is 3.13. The van der Waals surface area contributed by atoms with Crippen molar-refractivity contribution in [3.63, 3.8) is 0 Å². The molecule has 0 aliphatic heterocycles. The van der Waals surface area contributed by atoms with Gasteiger partial charge in [-0.2, -0.15) is 4.72 Å². The van der Waals surface area contributed by atoms with E-state index in [9.17, 15) is 18.3 Å². The van der Waals surface area contributed by atoms with Crippen LogP contribution in [0.3, 0.4) is 0 Å². The highest BCUT2D eigenvalue weighted by atomic mass is 32.2. The number of nitrogens with zero attached hydrogens (tertiary/aromatic N) is 1. The highest BCUT2D eigenvalue weighted by Crippen LogP contribution is 2.22. The van der Waals surface area contributed by atoms with Crippen LogP contribution in [0.5, 0.6) is 0 Å². The Morgan fingerprint density at radius 3 is 2.42 bits per heavy atom. The van der Waals surface area contributed by atoms with Crippen LogP contribution in [-0.2, 0) is 14.8 Å². The summed E-state index contributed by atoms with van der Waals surface area (Å²) in [5, 5.41) is 12.8. The molecule has 1 heterocycles. The monoisotopic (exact) mass is 290 g/mol. The van der Waals surface area contributed by atoms with Crippen LogP contribution in [0, 0.1) is 13.8 Å². The average Bonchev–Trinajstić information content (AvgIpc) is 2.58. The van der Waals surface area contributed by atoms with Gasteiger partial charge in [0.1, 0.15) is 16.1 Å². The number of hydrogen-bond donors (Lipinski definition) is 2. The van der Waals surface area contributed by atoms with Gasteiger partial charge in [-0.3, -0.25) is 4.79 Å². The van der Waals surface area contributed by atoms with E-state index in [4.69, 9.17) is 4.52 Å². The smallest absolute Gasteiger partial charge is 0.324 e. The predicted molar refractivity (Wildman–Crippen MR) is 67.2 cm³/mol. The largest absolute Gasteiger partial charge is 0.480 e. The van der Waals surface area contributed by atoms with E-state index in [0.717, 1.165) is 0 Å². The van der Waals surface area contributed by atoms with E-state index >= 15 is 0 Å². The first-order chi connectivity index (χ1) is 8.64. The van der Waals surface area contributed by atoms with Gasteiger partial charge in [0.2, 0.25) is 10.0 Å². The molecule has 1 atom stereocenters. The molecule has 0 aromatic carbocycles. The van der Waals surface area contributed by atoms with Crippen LogP contribution >= 0.6 is 0 Å². The van der Waals surface area contributed by atoms with Crippen LogP contribution in [0.1, 0.15) is 38.1 Å². The molecule has 8 heteroatoms. The second kappa shape index (κ2) is 5.30. The molecule has 0 aliphatic rings. The van der Waals surface area contributed by atoms with Gasteiger partial charge in [0.25, 0.3) is 0 Å². The van der Waals surface area contributed by atoms with E-state index in [-0.39, 0.29) is 22.8 Å². The summed E-state index contributed by atoms with van der Waals surface area (Å²) in [6.45, 7) is 6.08. The van der Waals surface area contributed by atoms with Crippen molar-refractivity contribution in [2.24, 2.45) is 0 Å². The van der Waals surface area contributed by atoms with E-state index in [2.05, 4.69) is 9.88 Å². The molecule has 19 heavy (non-hydrogen) atoms. The molecule has 0 radical (unpaired) electrons. The minimum Gasteiger partial charge on any atom is -0.480 e. The molecule has 0 saturated carbocycles. The highest BCUT2D eigenvalue weighted by Gasteiger charge is 2.38. The van der Waals surface area contributed by atoms with Crippen LogP contribution in [0.15, 0.2) is 9.42 Å². The number of rotatable bonds is 6. The zero-order valence-electron chi connectivity index (χ0n) is 11.3. The molecule has 1 rings (SSSR count). The van der Waals surface area contributed by atoms with Crippen LogP contribution in [-0.4, -0.2) is 30.2 Å². The van der Waals surface area contributed by atoms with E-state index in [0.29, 0.717) is 6.42 Å². The Morgan fingerprint density at radius 1 is 1.47 bits per heavy atom. The van der Waals surface area contributed by atoms with Gasteiger partial charge in [0.15, 0.2) is 5.76 Å². The maximum absolute atomic E-state index is 12.3. The van der Waals surface area contributed by atoms with E-state index in [1.54, 1.807) is 6.92 Å². The first-order valence-corrected chi connectivity index (χ1v) is 7.32. The van der Waals surface area contributed by atoms with Gasteiger partial charge < -0.3 is 9.63 Å². The maximum atomic E-state index is 12.3. The number of carboxylic acid groups (broad SMARTS) is 1. The number of aromatic nitrogens is 1. The fourth-order valence-electron chi connectivity index (χ4n) is 1.91. The van der Waals surface area contributed by atoms with Gasteiger partial charge >= 0.3 is 5.97 Å². The van der Waals surface area contributed by atoms with Gasteiger partial charge in [-0.1, -0.05) is 18.5 Å². The summed E-state index contributed by atoms with van der Waals surface area (Å²) in [5.74, 6) is -1.08. The van der Waals surface area contributed by atoms with Crippen LogP contribution in [0.2, 0.25) is 0 Å². The topological polar surface area (TPSA) is 110 Å². The van der Waals surface area contributed by atoms with Crippen molar-refractivity contribution in [2.75, 3.05) is 0 Å². The molecule has 0 bridgehead atoms. The summed E-state index contributed by atoms with van der Waals surface area (Å²) in [6, 6.07) is 0. The van der Waals surface area contributed by atoms with Gasteiger partial charge in [0, 0.05) is 0 Å². The number of aryl methyl sites for hydroxylation is 2. The Bertz CT molecular complexity index is 558. The van der Waals surface area contributed by atoms with E-state index in [1.807, 2.05) is 0 Å². The molecule has 0 spiro atoms. The summed E-state index contributed by atoms with van der Waals surface area (Å²) in [6.07, 6.45) is 0.720. The normalized spacial score (nSPS) is 15.2. The van der Waals surface area contributed by atoms with E-state index < -0.39 is 21.5 Å². The van der Waals surface area contributed by atoms with Crippen molar-refractivity contribution < 1.29 is 22.8 Å². The van der Waals surface area contributed by atoms with Crippen molar-refractivity contribution in [1.29, 1.82) is 0 Å². The third-order valence-electron chi connectivity index (χ3n) is 2.82. The molecule has 0 saturated heterocycles. The number of sulfonamides is 1. The SMILES string of the molecule is CCC[C@](C)(NS(=O)(=O)c1c(C)noc1C)C(=O)O. The van der Waals surface area contributed by atoms with Gasteiger partial charge in [-0.15, -0.1) is 0 Å². The average molecular weight is 290 g/mol. The van der Waals surface area contributed by atoms with Gasteiger partial charge in [0.05, 0.1) is 0 Å². The second-order valence-electron chi connectivity index (χ2n) is 4.65. The number of hydrogen-bond acceptors (Lipinski definition) is 5. The summed E-state index contributed by atoms with van der Waals surface area (Å²) in [7, 11) is -3.99. The van der Waals surface area contributed by atoms with Crippen LogP contribution in [0.4, 0.5) is 0 Å². The summed E-state index contributed by atoms with van der Waals surface area (Å²) in [5.41, 5.74) is -1.35. The zero-order chi connectivity index (χ0) is 14.8. The maximum Gasteiger partial charge on any atom is 0.324 e. The molecule has 0 amide bonds. The van der Waals surface area contributed by atoms with Crippen LogP contribution in [0.25, 0.3) is 0 Å². The van der Waals surface area contributed by atoms with Crippen LogP contribution < -0.4 is 4.72 Å². The quantitative estimate of drug-likeness (QED) is 0.815. The summed E-state index contributed by atoms with van der Waals surface area (Å²) < 4.78 is 31.5. The Hall–Kier alpha value is -1.41. The molecule has 7 nitrogen and oxygen atoms in total. The standard InChI is InChI=1S/C11H18N2O5S/c1-5-6-11(4,10(14)15)13-19(16,17)9-7(2)12-18-8(9)3/h13H,5-6H2,1-4H3,(H,14,15)/t11-/m0/s1. The van der Waals surface area contributed by atoms with Crippen molar-refractivity contribution in [2.45, 2.75) is 51.0 Å². The lowest BCUT2D eigenvalue weighted by Crippen LogP contribution is -2.52. The lowest BCUT2D eigenvalue weighted by Gasteiger charge is -2.25. The molecule has 2 N–H and O–H groups in total. The summed E-state index contributed by atoms with van der Waals surface area (Å²) >= 11 is 0. The molecule has 108 valence electrons. The first kappa shape index (κ1) is 15.6. The molecule has 1 aromatic heterocycles. The molecule has 0 aliphatic carbocycles. The number of carbonyl (C=O) groups is 1. The zero-order valence-corrected chi connectivity index (χ0v) is 12.2. The number of nitrogens with one attached hydrogen (secondary N) is 1. The van der Waals surface area contributed by atoms with E-state index in [1.165, 1.54) is 20.8 Å². The molecule has 0 fully saturated rings. The predicted octanol–water partition coefficient (Wildman–Crippen LogP) is 1.21. The fourth-order valence-corrected chi connectivity index (χ4v) is 3.63. The first-order valence-electron chi connectivity index (χ1n) is 5.84. The number of carboxylic acids is 1. The minimum atomic E-state index is -3.99. The van der Waals surface area contributed by atoms with Crippen molar-refractivity contribution in [3.8, 4) is 0 Å². The Balaban J connectivity index is 3.19. The Morgan fingerprint density at radius 2 is 2.05 bits per heavy atom. The Kier molecular flexibility index (Phi) is 4.36. The lowest BCUT2D eigenvalue weighted by atomic mass is 9.98. The van der Waals surface area contributed by atoms with Crippen molar-refractivity contribution in [1.82, 2.24) is 9.88 Å². The Labute approximate surface area is 112 Å². The van der Waals surface area contributed by atoms with Crippen molar-refractivity contribution >= 4 is 16.0 Å². The van der Waals surface area contributed by atoms with Gasteiger partial charge in [-0.05, 0) is 27.2 Å². The molecular weight excluding hydrogens is 272 g/mol. The molecular formula is C11H18N2O5S. The molecule has 1 aromatic rings. The lowest BCUT2D eigenvalue weighted by molar-refractivity contribution is -0.143. The third-order valence-corrected chi connectivity index (χ3v) is 4.66. The summed E-state index contributed by atoms with van der Waals surface area (Å²) in [4.78, 5) is 11.2. The fraction of sp³-hybridized carbons (Fsp3) is 0.636. The highest BCUT2D eigenvalue weighted by molar-refractivity contribution is 7.89. The second-order valence-corrected chi connectivity index (χ2v) is 6.27. The van der Waals surface area contributed by atoms with Crippen molar-refractivity contribution in [3.05, 3.63) is 11.5 Å². The minimum absolute atomic E-state index is 0.101. The van der Waals surface area contributed by atoms with Gasteiger partial charge in [-0.25, -0.2) is 8.42 Å². The molecule has 0 unspecified atom stereocenters. The number of aliphatic carboxylic acids is 1.